The summed E-state index contributed by atoms with van der Waals surface area (Å²) in [6.07, 6.45) is 1.49. The average molecular weight is 383 g/mol. The maximum Gasteiger partial charge on any atom is 0.246 e. The Balaban J connectivity index is 1.63. The van der Waals surface area contributed by atoms with E-state index in [9.17, 15) is 9.59 Å². The zero-order chi connectivity index (χ0) is 20.1. The number of nitrogens with one attached hydrogen (secondary N) is 2. The topological polar surface area (TPSA) is 79.9 Å². The van der Waals surface area contributed by atoms with Gasteiger partial charge in [0, 0.05) is 30.4 Å². The van der Waals surface area contributed by atoms with Crippen LogP contribution in [-0.2, 0) is 9.59 Å². The van der Waals surface area contributed by atoms with Crippen LogP contribution >= 0.6 is 0 Å². The molecule has 1 heterocycles. The lowest BCUT2D eigenvalue weighted by Gasteiger charge is -2.19. The Bertz CT molecular complexity index is 851. The van der Waals surface area contributed by atoms with Gasteiger partial charge in [-0.05, 0) is 49.7 Å². The van der Waals surface area contributed by atoms with Crippen LogP contribution in [0.15, 0.2) is 42.5 Å². The molecule has 2 aromatic carbocycles. The van der Waals surface area contributed by atoms with Crippen molar-refractivity contribution in [3.63, 3.8) is 0 Å². The molecule has 2 amide bonds. The normalized spacial score (nSPS) is 14.5. The molecule has 7 nitrogen and oxygen atoms in total. The number of hydrogen-bond acceptors (Lipinski definition) is 5. The van der Waals surface area contributed by atoms with Gasteiger partial charge in [-0.25, -0.2) is 0 Å². The van der Waals surface area contributed by atoms with Gasteiger partial charge in [0.2, 0.25) is 11.8 Å². The van der Waals surface area contributed by atoms with E-state index in [4.69, 9.17) is 9.47 Å². The number of hydrogen-bond donors (Lipinski definition) is 2. The summed E-state index contributed by atoms with van der Waals surface area (Å²) in [5, 5.41) is 6.03. The van der Waals surface area contributed by atoms with E-state index in [1.54, 1.807) is 44.2 Å². The number of amides is 2. The molecule has 0 saturated carbocycles. The van der Waals surface area contributed by atoms with Crippen molar-refractivity contribution in [2.75, 3.05) is 36.3 Å². The molecule has 1 fully saturated rings. The fraction of sp³-hybridized carbons (Fsp3) is 0.333. The van der Waals surface area contributed by atoms with Crippen LogP contribution in [-0.4, -0.2) is 38.6 Å². The summed E-state index contributed by atoms with van der Waals surface area (Å²) < 4.78 is 10.5. The van der Waals surface area contributed by atoms with E-state index >= 15 is 0 Å². The van der Waals surface area contributed by atoms with Crippen molar-refractivity contribution in [1.82, 2.24) is 0 Å². The molecular weight excluding hydrogens is 358 g/mol. The van der Waals surface area contributed by atoms with Crippen molar-refractivity contribution in [3.8, 4) is 11.5 Å². The number of rotatable bonds is 7. The number of anilines is 3. The first-order chi connectivity index (χ1) is 13.5. The van der Waals surface area contributed by atoms with Crippen LogP contribution in [0.25, 0.3) is 0 Å². The van der Waals surface area contributed by atoms with Crippen LogP contribution in [0.5, 0.6) is 11.5 Å². The second kappa shape index (κ2) is 8.65. The Labute approximate surface area is 164 Å². The number of ether oxygens (including phenoxy) is 2. The van der Waals surface area contributed by atoms with Crippen LogP contribution in [0.3, 0.4) is 0 Å². The summed E-state index contributed by atoms with van der Waals surface area (Å²) in [4.78, 5) is 26.2. The third-order valence-electron chi connectivity index (χ3n) is 4.69. The Kier molecular flexibility index (Phi) is 6.03. The molecular formula is C21H25N3O4. The van der Waals surface area contributed by atoms with Crippen molar-refractivity contribution in [1.29, 1.82) is 0 Å². The lowest BCUT2D eigenvalue weighted by atomic mass is 10.2. The van der Waals surface area contributed by atoms with E-state index in [2.05, 4.69) is 10.6 Å². The molecule has 0 unspecified atom stereocenters. The van der Waals surface area contributed by atoms with Gasteiger partial charge in [0.15, 0.2) is 0 Å². The largest absolute Gasteiger partial charge is 0.497 e. The van der Waals surface area contributed by atoms with Gasteiger partial charge < -0.3 is 25.0 Å². The Morgan fingerprint density at radius 2 is 1.86 bits per heavy atom. The summed E-state index contributed by atoms with van der Waals surface area (Å²) in [7, 11) is 3.11. The van der Waals surface area contributed by atoms with E-state index in [0.717, 1.165) is 24.3 Å². The van der Waals surface area contributed by atoms with Crippen molar-refractivity contribution in [2.24, 2.45) is 0 Å². The molecule has 1 atom stereocenters. The van der Waals surface area contributed by atoms with E-state index in [1.165, 1.54) is 0 Å². The second-order valence-electron chi connectivity index (χ2n) is 6.62. The number of methoxy groups -OCH3 is 2. The van der Waals surface area contributed by atoms with Crippen molar-refractivity contribution < 1.29 is 19.1 Å². The highest BCUT2D eigenvalue weighted by molar-refractivity contribution is 5.98. The summed E-state index contributed by atoms with van der Waals surface area (Å²) >= 11 is 0. The average Bonchev–Trinajstić information content (AvgIpc) is 3.14. The SMILES string of the molecule is COc1ccc(OC)c(NC(=O)[C@@H](C)Nc2ccc(N3CCCC3=O)cc2)c1. The highest BCUT2D eigenvalue weighted by Crippen LogP contribution is 2.29. The smallest absolute Gasteiger partial charge is 0.246 e. The minimum absolute atomic E-state index is 0.153. The second-order valence-corrected chi connectivity index (χ2v) is 6.62. The highest BCUT2D eigenvalue weighted by Gasteiger charge is 2.21. The predicted octanol–water partition coefficient (Wildman–Crippen LogP) is 3.27. The highest BCUT2D eigenvalue weighted by atomic mass is 16.5. The number of nitrogens with zero attached hydrogens (tertiary/aromatic N) is 1. The molecule has 0 spiro atoms. The van der Waals surface area contributed by atoms with Crippen molar-refractivity contribution in [2.45, 2.75) is 25.8 Å². The number of carbonyl (C=O) groups excluding carboxylic acids is 2. The fourth-order valence-corrected chi connectivity index (χ4v) is 3.13. The lowest BCUT2D eigenvalue weighted by molar-refractivity contribution is -0.117. The molecule has 0 bridgehead atoms. The van der Waals surface area contributed by atoms with Crippen LogP contribution < -0.4 is 25.0 Å². The van der Waals surface area contributed by atoms with Gasteiger partial charge in [-0.1, -0.05) is 0 Å². The molecule has 3 rings (SSSR count). The first-order valence-corrected chi connectivity index (χ1v) is 9.21. The Morgan fingerprint density at radius 1 is 1.11 bits per heavy atom. The number of benzene rings is 2. The molecule has 0 radical (unpaired) electrons. The standard InChI is InChI=1S/C21H25N3O4/c1-14(21(26)23-18-13-17(27-2)10-11-19(18)28-3)22-15-6-8-16(9-7-15)24-12-4-5-20(24)25/h6-11,13-14,22H,4-5,12H2,1-3H3,(H,23,26)/t14-/m1/s1. The summed E-state index contributed by atoms with van der Waals surface area (Å²) in [5.74, 6) is 1.13. The molecule has 1 aliphatic heterocycles. The zero-order valence-corrected chi connectivity index (χ0v) is 16.3. The minimum Gasteiger partial charge on any atom is -0.497 e. The number of carbonyl (C=O) groups is 2. The molecule has 2 aromatic rings. The van der Waals surface area contributed by atoms with Crippen LogP contribution in [0.4, 0.5) is 17.1 Å². The first kappa shape index (κ1) is 19.5. The Morgan fingerprint density at radius 3 is 2.46 bits per heavy atom. The summed E-state index contributed by atoms with van der Waals surface area (Å²) in [6, 6.07) is 12.3. The van der Waals surface area contributed by atoms with Crippen molar-refractivity contribution in [3.05, 3.63) is 42.5 Å². The molecule has 7 heteroatoms. The van der Waals surface area contributed by atoms with E-state index in [1.807, 2.05) is 24.3 Å². The van der Waals surface area contributed by atoms with Gasteiger partial charge in [-0.3, -0.25) is 9.59 Å². The lowest BCUT2D eigenvalue weighted by Crippen LogP contribution is -2.32. The van der Waals surface area contributed by atoms with Gasteiger partial charge in [0.25, 0.3) is 0 Å². The molecule has 0 aliphatic carbocycles. The first-order valence-electron chi connectivity index (χ1n) is 9.21. The summed E-state index contributed by atoms with van der Waals surface area (Å²) in [6.45, 7) is 2.53. The Hall–Kier alpha value is -3.22. The molecule has 1 saturated heterocycles. The molecule has 148 valence electrons. The quantitative estimate of drug-likeness (QED) is 0.767. The van der Waals surface area contributed by atoms with Crippen molar-refractivity contribution >= 4 is 28.9 Å². The van der Waals surface area contributed by atoms with Crippen LogP contribution in [0, 0.1) is 0 Å². The van der Waals surface area contributed by atoms with Crippen LogP contribution in [0.2, 0.25) is 0 Å². The van der Waals surface area contributed by atoms with Crippen LogP contribution in [0.1, 0.15) is 19.8 Å². The van der Waals surface area contributed by atoms with Gasteiger partial charge in [0.1, 0.15) is 17.5 Å². The van der Waals surface area contributed by atoms with Gasteiger partial charge >= 0.3 is 0 Å². The van der Waals surface area contributed by atoms with E-state index in [-0.39, 0.29) is 11.8 Å². The molecule has 2 N–H and O–H groups in total. The predicted molar refractivity (Wildman–Crippen MR) is 109 cm³/mol. The van der Waals surface area contributed by atoms with Gasteiger partial charge in [0.05, 0.1) is 19.9 Å². The molecule has 1 aliphatic rings. The van der Waals surface area contributed by atoms with E-state index in [0.29, 0.717) is 23.6 Å². The van der Waals surface area contributed by atoms with Gasteiger partial charge in [-0.15, -0.1) is 0 Å². The van der Waals surface area contributed by atoms with E-state index < -0.39 is 6.04 Å². The minimum atomic E-state index is -0.477. The van der Waals surface area contributed by atoms with Gasteiger partial charge in [-0.2, -0.15) is 0 Å². The summed E-state index contributed by atoms with van der Waals surface area (Å²) in [5.41, 5.74) is 2.23. The molecule has 0 aromatic heterocycles. The third kappa shape index (κ3) is 4.36. The zero-order valence-electron chi connectivity index (χ0n) is 16.3. The third-order valence-corrected chi connectivity index (χ3v) is 4.69. The fourth-order valence-electron chi connectivity index (χ4n) is 3.13. The maximum absolute atomic E-state index is 12.6. The maximum atomic E-state index is 12.6. The monoisotopic (exact) mass is 383 g/mol. The molecule has 28 heavy (non-hydrogen) atoms.